The summed E-state index contributed by atoms with van der Waals surface area (Å²) in [5.74, 6) is 0.140. The highest BCUT2D eigenvalue weighted by molar-refractivity contribution is 7.99. The average molecular weight is 258 g/mol. The number of carbonyl (C=O) groups is 2. The highest BCUT2D eigenvalue weighted by Crippen LogP contribution is 2.14. The molecule has 9 heteroatoms. The molecule has 0 bridgehead atoms. The smallest absolute Gasteiger partial charge is 0.248 e. The maximum Gasteiger partial charge on any atom is 0.248 e. The molecule has 0 fully saturated rings. The van der Waals surface area contributed by atoms with Gasteiger partial charge in [0.1, 0.15) is 5.82 Å². The zero-order chi connectivity index (χ0) is 12.8. The lowest BCUT2D eigenvalue weighted by molar-refractivity contribution is -0.126. The molecule has 0 unspecified atom stereocenters. The summed E-state index contributed by atoms with van der Waals surface area (Å²) < 4.78 is 1.72. The first-order valence-electron chi connectivity index (χ1n) is 4.81. The zero-order valence-corrected chi connectivity index (χ0v) is 10.4. The van der Waals surface area contributed by atoms with Gasteiger partial charge in [-0.05, 0) is 0 Å². The second-order valence-electron chi connectivity index (χ2n) is 3.18. The summed E-state index contributed by atoms with van der Waals surface area (Å²) in [6.45, 7) is 1.60. The second kappa shape index (κ2) is 6.21. The second-order valence-corrected chi connectivity index (χ2v) is 4.12. The SMILES string of the molecule is CC(=O)NNC(=O)CSc1nnc(CN)n1C. The van der Waals surface area contributed by atoms with E-state index in [-0.39, 0.29) is 17.6 Å². The number of nitrogens with one attached hydrogen (secondary N) is 2. The number of carbonyl (C=O) groups excluding carboxylic acids is 2. The number of hydrogen-bond acceptors (Lipinski definition) is 6. The van der Waals surface area contributed by atoms with E-state index in [9.17, 15) is 9.59 Å². The fraction of sp³-hybridized carbons (Fsp3) is 0.500. The summed E-state index contributed by atoms with van der Waals surface area (Å²) in [5, 5.41) is 8.33. The van der Waals surface area contributed by atoms with Gasteiger partial charge < -0.3 is 10.3 Å². The highest BCUT2D eigenvalue weighted by atomic mass is 32.2. The third-order valence-electron chi connectivity index (χ3n) is 1.82. The Balaban J connectivity index is 2.42. The quantitative estimate of drug-likeness (QED) is 0.449. The van der Waals surface area contributed by atoms with Crippen molar-refractivity contribution >= 4 is 23.6 Å². The molecule has 0 aliphatic carbocycles. The minimum Gasteiger partial charge on any atom is -0.324 e. The molecule has 1 aromatic heterocycles. The standard InChI is InChI=1S/C8H14N6O2S/c1-5(15)10-12-7(16)4-17-8-13-11-6(3-9)14(8)2/h3-4,9H2,1-2H3,(H,10,15)(H,12,16). The first-order chi connectivity index (χ1) is 8.04. The third kappa shape index (κ3) is 4.04. The molecule has 94 valence electrons. The molecule has 4 N–H and O–H groups in total. The number of hydrazine groups is 1. The van der Waals surface area contributed by atoms with Crippen LogP contribution in [-0.4, -0.2) is 32.3 Å². The van der Waals surface area contributed by atoms with Gasteiger partial charge in [-0.3, -0.25) is 20.4 Å². The predicted molar refractivity (Wildman–Crippen MR) is 61.6 cm³/mol. The van der Waals surface area contributed by atoms with Crippen LogP contribution in [0, 0.1) is 0 Å². The Morgan fingerprint density at radius 1 is 1.41 bits per heavy atom. The van der Waals surface area contributed by atoms with Crippen LogP contribution in [0.2, 0.25) is 0 Å². The molecular formula is C8H14N6O2S. The Bertz CT molecular complexity index is 418. The van der Waals surface area contributed by atoms with Crippen molar-refractivity contribution in [3.05, 3.63) is 5.82 Å². The first kappa shape index (κ1) is 13.5. The summed E-state index contributed by atoms with van der Waals surface area (Å²) in [6, 6.07) is 0. The van der Waals surface area contributed by atoms with Gasteiger partial charge in [-0.15, -0.1) is 10.2 Å². The van der Waals surface area contributed by atoms with E-state index in [0.717, 1.165) is 0 Å². The number of hydrogen-bond donors (Lipinski definition) is 3. The Morgan fingerprint density at radius 3 is 2.65 bits per heavy atom. The lowest BCUT2D eigenvalue weighted by atomic mass is 10.6. The van der Waals surface area contributed by atoms with Crippen molar-refractivity contribution in [2.24, 2.45) is 12.8 Å². The van der Waals surface area contributed by atoms with Crippen LogP contribution in [0.1, 0.15) is 12.7 Å². The summed E-state index contributed by atoms with van der Waals surface area (Å²) in [4.78, 5) is 21.8. The first-order valence-corrected chi connectivity index (χ1v) is 5.79. The van der Waals surface area contributed by atoms with E-state index < -0.39 is 0 Å². The molecule has 1 aromatic rings. The Morgan fingerprint density at radius 2 is 2.12 bits per heavy atom. The number of amides is 2. The number of rotatable bonds is 4. The van der Waals surface area contributed by atoms with Crippen LogP contribution in [-0.2, 0) is 23.2 Å². The van der Waals surface area contributed by atoms with E-state index in [1.807, 2.05) is 0 Å². The zero-order valence-electron chi connectivity index (χ0n) is 9.56. The number of nitrogens with zero attached hydrogens (tertiary/aromatic N) is 3. The highest BCUT2D eigenvalue weighted by Gasteiger charge is 2.10. The van der Waals surface area contributed by atoms with Gasteiger partial charge in [-0.25, -0.2) is 0 Å². The van der Waals surface area contributed by atoms with Crippen molar-refractivity contribution in [2.75, 3.05) is 5.75 Å². The largest absolute Gasteiger partial charge is 0.324 e. The van der Waals surface area contributed by atoms with Crippen molar-refractivity contribution in [1.82, 2.24) is 25.6 Å². The topological polar surface area (TPSA) is 115 Å². The van der Waals surface area contributed by atoms with Crippen molar-refractivity contribution < 1.29 is 9.59 Å². The monoisotopic (exact) mass is 258 g/mol. The number of thioether (sulfide) groups is 1. The maximum atomic E-state index is 11.3. The van der Waals surface area contributed by atoms with Crippen LogP contribution in [0.5, 0.6) is 0 Å². The molecular weight excluding hydrogens is 244 g/mol. The molecule has 8 nitrogen and oxygen atoms in total. The van der Waals surface area contributed by atoms with Gasteiger partial charge >= 0.3 is 0 Å². The minimum atomic E-state index is -0.326. The summed E-state index contributed by atoms with van der Waals surface area (Å²) in [7, 11) is 1.77. The molecule has 0 aromatic carbocycles. The van der Waals surface area contributed by atoms with Gasteiger partial charge in [0, 0.05) is 14.0 Å². The lowest BCUT2D eigenvalue weighted by Gasteiger charge is -2.04. The van der Waals surface area contributed by atoms with Crippen molar-refractivity contribution in [3.63, 3.8) is 0 Å². The van der Waals surface area contributed by atoms with E-state index in [1.165, 1.54) is 18.7 Å². The maximum absolute atomic E-state index is 11.3. The molecule has 0 saturated heterocycles. The number of aromatic nitrogens is 3. The molecule has 1 rings (SSSR count). The van der Waals surface area contributed by atoms with E-state index >= 15 is 0 Å². The third-order valence-corrected chi connectivity index (χ3v) is 2.84. The van der Waals surface area contributed by atoms with E-state index in [1.54, 1.807) is 11.6 Å². The van der Waals surface area contributed by atoms with Crippen LogP contribution >= 0.6 is 11.8 Å². The summed E-state index contributed by atoms with van der Waals surface area (Å²) >= 11 is 1.21. The van der Waals surface area contributed by atoms with Gasteiger partial charge in [-0.1, -0.05) is 11.8 Å². The fourth-order valence-electron chi connectivity index (χ4n) is 0.972. The molecule has 1 heterocycles. The van der Waals surface area contributed by atoms with Crippen LogP contribution in [0.15, 0.2) is 5.16 Å². The van der Waals surface area contributed by atoms with Crippen LogP contribution in [0.25, 0.3) is 0 Å². The fourth-order valence-corrected chi connectivity index (χ4v) is 1.70. The summed E-state index contributed by atoms with van der Waals surface area (Å²) in [6.07, 6.45) is 0. The molecule has 0 aliphatic heterocycles. The van der Waals surface area contributed by atoms with Gasteiger partial charge in [0.25, 0.3) is 0 Å². The van der Waals surface area contributed by atoms with Crippen LogP contribution in [0.3, 0.4) is 0 Å². The van der Waals surface area contributed by atoms with Gasteiger partial charge in [0.05, 0.1) is 12.3 Å². The lowest BCUT2D eigenvalue weighted by Crippen LogP contribution is -2.41. The molecule has 0 aliphatic rings. The predicted octanol–water partition coefficient (Wildman–Crippen LogP) is -1.47. The van der Waals surface area contributed by atoms with E-state index in [4.69, 9.17) is 5.73 Å². The van der Waals surface area contributed by atoms with Gasteiger partial charge in [0.15, 0.2) is 5.16 Å². The van der Waals surface area contributed by atoms with E-state index in [2.05, 4.69) is 21.0 Å². The molecule has 0 atom stereocenters. The Hall–Kier alpha value is -1.61. The Kier molecular flexibility index (Phi) is 4.91. The molecule has 0 radical (unpaired) electrons. The molecule has 0 spiro atoms. The van der Waals surface area contributed by atoms with Crippen molar-refractivity contribution in [3.8, 4) is 0 Å². The molecule has 0 saturated carbocycles. The normalized spacial score (nSPS) is 10.1. The van der Waals surface area contributed by atoms with Crippen molar-refractivity contribution in [1.29, 1.82) is 0 Å². The van der Waals surface area contributed by atoms with Crippen molar-refractivity contribution in [2.45, 2.75) is 18.6 Å². The van der Waals surface area contributed by atoms with Gasteiger partial charge in [0.2, 0.25) is 11.8 Å². The Labute approximate surface area is 102 Å². The average Bonchev–Trinajstić information content (AvgIpc) is 2.64. The summed E-state index contributed by atoms with van der Waals surface area (Å²) in [5.41, 5.74) is 9.89. The number of nitrogens with two attached hydrogens (primary N) is 1. The molecule has 2 amide bonds. The van der Waals surface area contributed by atoms with Crippen LogP contribution in [0.4, 0.5) is 0 Å². The minimum absolute atomic E-state index is 0.136. The molecule has 17 heavy (non-hydrogen) atoms. The van der Waals surface area contributed by atoms with E-state index in [0.29, 0.717) is 17.5 Å². The van der Waals surface area contributed by atoms with Crippen LogP contribution < -0.4 is 16.6 Å². The van der Waals surface area contributed by atoms with Gasteiger partial charge in [-0.2, -0.15) is 0 Å².